The monoisotopic (exact) mass is 372 g/mol. The van der Waals surface area contributed by atoms with Gasteiger partial charge in [0.25, 0.3) is 0 Å². The first-order chi connectivity index (χ1) is 13.8. The lowest BCUT2D eigenvalue weighted by atomic mass is 10.1. The zero-order valence-corrected chi connectivity index (χ0v) is 15.3. The van der Waals surface area contributed by atoms with Crippen LogP contribution in [0.3, 0.4) is 0 Å². The third-order valence-corrected chi connectivity index (χ3v) is 4.23. The summed E-state index contributed by atoms with van der Waals surface area (Å²) in [5, 5.41) is 14.0. The van der Waals surface area contributed by atoms with Crippen molar-refractivity contribution >= 4 is 0 Å². The van der Waals surface area contributed by atoms with Crippen LogP contribution < -0.4 is 9.47 Å². The molecule has 6 nitrogen and oxygen atoms in total. The lowest BCUT2D eigenvalue weighted by molar-refractivity contribution is 0.305. The highest BCUT2D eigenvalue weighted by molar-refractivity contribution is 5.34. The molecule has 3 aromatic carbocycles. The molecule has 1 N–H and O–H groups in total. The summed E-state index contributed by atoms with van der Waals surface area (Å²) in [6, 6.07) is 25.7. The van der Waals surface area contributed by atoms with Crippen LogP contribution in [0, 0.1) is 0 Å². The molecule has 0 unspecified atom stereocenters. The first kappa shape index (κ1) is 17.7. The number of nitrogens with one attached hydrogen (secondary N) is 1. The van der Waals surface area contributed by atoms with Crippen molar-refractivity contribution in [3.05, 3.63) is 95.8 Å². The van der Waals surface area contributed by atoms with E-state index in [2.05, 4.69) is 32.8 Å². The highest BCUT2D eigenvalue weighted by Gasteiger charge is 2.03. The molecule has 0 fully saturated rings. The van der Waals surface area contributed by atoms with Crippen molar-refractivity contribution in [1.82, 2.24) is 20.6 Å². The van der Waals surface area contributed by atoms with E-state index in [1.807, 2.05) is 66.7 Å². The van der Waals surface area contributed by atoms with E-state index in [-0.39, 0.29) is 0 Å². The lowest BCUT2D eigenvalue weighted by Gasteiger charge is -2.10. The summed E-state index contributed by atoms with van der Waals surface area (Å²) in [5.74, 6) is 3.16. The second-order valence-corrected chi connectivity index (χ2v) is 6.32. The molecule has 140 valence electrons. The summed E-state index contributed by atoms with van der Waals surface area (Å²) in [6.45, 7) is 0.480. The highest BCUT2D eigenvalue weighted by Crippen LogP contribution is 2.23. The molecule has 0 amide bonds. The minimum atomic E-state index is 0.480. The summed E-state index contributed by atoms with van der Waals surface area (Å²) < 4.78 is 11.8. The first-order valence-electron chi connectivity index (χ1n) is 9.11. The van der Waals surface area contributed by atoms with Crippen LogP contribution in [-0.4, -0.2) is 20.6 Å². The molecule has 1 aromatic heterocycles. The lowest BCUT2D eigenvalue weighted by Crippen LogP contribution is -1.97. The van der Waals surface area contributed by atoms with E-state index in [9.17, 15) is 0 Å². The normalized spacial score (nSPS) is 10.6. The molecule has 4 aromatic rings. The molecule has 0 atom stereocenters. The van der Waals surface area contributed by atoms with Crippen molar-refractivity contribution in [2.45, 2.75) is 19.4 Å². The van der Waals surface area contributed by atoms with Gasteiger partial charge in [0.2, 0.25) is 0 Å². The van der Waals surface area contributed by atoms with E-state index in [1.54, 1.807) is 0 Å². The minimum Gasteiger partial charge on any atom is -0.489 e. The van der Waals surface area contributed by atoms with Crippen LogP contribution in [0.15, 0.2) is 78.9 Å². The molecule has 0 saturated heterocycles. The molecule has 0 bridgehead atoms. The van der Waals surface area contributed by atoms with Crippen LogP contribution in [0.4, 0.5) is 0 Å². The van der Waals surface area contributed by atoms with Crippen LogP contribution >= 0.6 is 0 Å². The molecule has 0 aliphatic heterocycles. The Bertz CT molecular complexity index is 987. The van der Waals surface area contributed by atoms with Crippen molar-refractivity contribution in [2.24, 2.45) is 0 Å². The van der Waals surface area contributed by atoms with E-state index in [1.165, 1.54) is 5.56 Å². The Balaban J connectivity index is 1.31. The van der Waals surface area contributed by atoms with Gasteiger partial charge in [-0.05, 0) is 53.9 Å². The number of nitrogens with zero attached hydrogens (tertiary/aromatic N) is 3. The Morgan fingerprint density at radius 3 is 2.32 bits per heavy atom. The number of aryl methyl sites for hydroxylation is 2. The van der Waals surface area contributed by atoms with Crippen LogP contribution in [0.2, 0.25) is 0 Å². The van der Waals surface area contributed by atoms with Crippen LogP contribution in [0.5, 0.6) is 17.2 Å². The van der Waals surface area contributed by atoms with E-state index in [0.717, 1.165) is 41.5 Å². The van der Waals surface area contributed by atoms with E-state index >= 15 is 0 Å². The van der Waals surface area contributed by atoms with Gasteiger partial charge in [-0.1, -0.05) is 47.7 Å². The molecular formula is C22H20N4O2. The fraction of sp³-hybridized carbons (Fsp3) is 0.136. The average Bonchev–Trinajstić information content (AvgIpc) is 3.26. The predicted octanol–water partition coefficient (Wildman–Crippen LogP) is 4.36. The highest BCUT2D eigenvalue weighted by atomic mass is 16.5. The molecular weight excluding hydrogens is 352 g/mol. The molecule has 0 aliphatic carbocycles. The van der Waals surface area contributed by atoms with Gasteiger partial charge >= 0.3 is 0 Å². The predicted molar refractivity (Wildman–Crippen MR) is 105 cm³/mol. The summed E-state index contributed by atoms with van der Waals surface area (Å²) >= 11 is 0. The third-order valence-electron chi connectivity index (χ3n) is 4.23. The van der Waals surface area contributed by atoms with Gasteiger partial charge in [-0.3, -0.25) is 0 Å². The number of ether oxygens (including phenoxy) is 2. The molecule has 0 aliphatic rings. The maximum Gasteiger partial charge on any atom is 0.174 e. The Kier molecular flexibility index (Phi) is 5.58. The molecule has 1 heterocycles. The standard InChI is InChI=1S/C22H20N4O2/c1-2-6-20(7-3-1)28-21-8-4-5-18(15-21)16-27-19-12-9-17(10-13-19)11-14-22-23-25-26-24-22/h1-10,12-13,15H,11,14,16H2,(H,23,24,25,26). The van der Waals surface area contributed by atoms with Crippen molar-refractivity contribution in [2.75, 3.05) is 0 Å². The molecule has 6 heteroatoms. The Hall–Kier alpha value is -3.67. The SMILES string of the molecule is c1ccc(Oc2cccc(COc3ccc(CCc4nn[nH]n4)cc3)c2)cc1. The van der Waals surface area contributed by atoms with Gasteiger partial charge in [-0.2, -0.15) is 5.21 Å². The molecule has 0 spiro atoms. The number of hydrogen-bond donors (Lipinski definition) is 1. The fourth-order valence-corrected chi connectivity index (χ4v) is 2.79. The summed E-state index contributed by atoms with van der Waals surface area (Å²) in [4.78, 5) is 0. The molecule has 0 saturated carbocycles. The number of tetrazole rings is 1. The molecule has 0 radical (unpaired) electrons. The third kappa shape index (κ3) is 4.94. The summed E-state index contributed by atoms with van der Waals surface area (Å²) in [6.07, 6.45) is 1.61. The summed E-state index contributed by atoms with van der Waals surface area (Å²) in [5.41, 5.74) is 2.25. The van der Waals surface area contributed by atoms with Gasteiger partial charge in [0.15, 0.2) is 5.82 Å². The van der Waals surface area contributed by atoms with Gasteiger partial charge in [-0.15, -0.1) is 10.2 Å². The Morgan fingerprint density at radius 1 is 0.714 bits per heavy atom. The first-order valence-corrected chi connectivity index (χ1v) is 9.11. The maximum absolute atomic E-state index is 5.91. The quantitative estimate of drug-likeness (QED) is 0.498. The van der Waals surface area contributed by atoms with Gasteiger partial charge in [0.05, 0.1) is 0 Å². The average molecular weight is 372 g/mol. The number of hydrogen-bond acceptors (Lipinski definition) is 5. The van der Waals surface area contributed by atoms with Crippen molar-refractivity contribution < 1.29 is 9.47 Å². The number of aromatic amines is 1. The molecule has 4 rings (SSSR count). The minimum absolute atomic E-state index is 0.480. The topological polar surface area (TPSA) is 72.9 Å². The van der Waals surface area contributed by atoms with Crippen LogP contribution in [0.25, 0.3) is 0 Å². The largest absolute Gasteiger partial charge is 0.489 e. The van der Waals surface area contributed by atoms with Gasteiger partial charge in [-0.25, -0.2) is 0 Å². The fourth-order valence-electron chi connectivity index (χ4n) is 2.79. The Morgan fingerprint density at radius 2 is 1.54 bits per heavy atom. The van der Waals surface area contributed by atoms with Gasteiger partial charge in [0.1, 0.15) is 23.9 Å². The van der Waals surface area contributed by atoms with Crippen molar-refractivity contribution in [3.8, 4) is 17.2 Å². The van der Waals surface area contributed by atoms with Crippen LogP contribution in [0.1, 0.15) is 17.0 Å². The van der Waals surface area contributed by atoms with Crippen LogP contribution in [-0.2, 0) is 19.4 Å². The zero-order valence-electron chi connectivity index (χ0n) is 15.3. The number of aromatic nitrogens is 4. The number of benzene rings is 3. The van der Waals surface area contributed by atoms with Crippen molar-refractivity contribution in [1.29, 1.82) is 0 Å². The second kappa shape index (κ2) is 8.81. The zero-order chi connectivity index (χ0) is 19.0. The number of para-hydroxylation sites is 1. The van der Waals surface area contributed by atoms with Gasteiger partial charge < -0.3 is 9.47 Å². The number of rotatable bonds is 8. The Labute approximate surface area is 163 Å². The smallest absolute Gasteiger partial charge is 0.174 e. The van der Waals surface area contributed by atoms with Gasteiger partial charge in [0, 0.05) is 6.42 Å². The maximum atomic E-state index is 5.91. The second-order valence-electron chi connectivity index (χ2n) is 6.32. The van der Waals surface area contributed by atoms with E-state index in [4.69, 9.17) is 9.47 Å². The van der Waals surface area contributed by atoms with E-state index < -0.39 is 0 Å². The number of H-pyrrole nitrogens is 1. The summed E-state index contributed by atoms with van der Waals surface area (Å²) in [7, 11) is 0. The molecule has 28 heavy (non-hydrogen) atoms. The van der Waals surface area contributed by atoms with E-state index in [0.29, 0.717) is 6.61 Å². The van der Waals surface area contributed by atoms with Crippen molar-refractivity contribution in [3.63, 3.8) is 0 Å².